The molecule has 9 heteroatoms. The van der Waals surface area contributed by atoms with Gasteiger partial charge >= 0.3 is 83.0 Å². The molecule has 0 heterocycles. The van der Waals surface area contributed by atoms with Crippen molar-refractivity contribution in [2.24, 2.45) is 0 Å². The van der Waals surface area contributed by atoms with Gasteiger partial charge in [0.1, 0.15) is 0 Å². The monoisotopic (exact) mass is 276 g/mol. The van der Waals surface area contributed by atoms with E-state index in [-0.39, 0.29) is 59.1 Å². The molecule has 0 fully saturated rings. The molecule has 0 radical (unpaired) electrons. The maximum atomic E-state index is 10.9. The van der Waals surface area contributed by atoms with Gasteiger partial charge in [0.15, 0.2) is 0 Å². The Kier molecular flexibility index (Phi) is 14.7. The average molecular weight is 276 g/mol. The second-order valence-corrected chi connectivity index (χ2v) is 2.55. The van der Waals surface area contributed by atoms with Gasteiger partial charge in [-0.15, -0.1) is 0 Å². The number of hydrogen-bond donors (Lipinski definition) is 2. The van der Waals surface area contributed by atoms with Crippen LogP contribution in [0, 0.1) is 0 Å². The van der Waals surface area contributed by atoms with Crippen LogP contribution in [0.3, 0.4) is 0 Å². The molecule has 0 aliphatic rings. The van der Waals surface area contributed by atoms with Crippen LogP contribution in [-0.4, -0.2) is 93.2 Å². The van der Waals surface area contributed by atoms with Crippen LogP contribution in [-0.2, 0) is 23.9 Å². The summed E-state index contributed by atoms with van der Waals surface area (Å²) in [5.74, 6) is -5.07. The number of ether oxygens (including phenoxy) is 1. The van der Waals surface area contributed by atoms with E-state index in [0.29, 0.717) is 12.2 Å². The van der Waals surface area contributed by atoms with Crippen LogP contribution < -0.4 is 0 Å². The summed E-state index contributed by atoms with van der Waals surface area (Å²) in [6, 6.07) is 0. The molecule has 0 aliphatic heterocycles. The molecular formula is C9H10Na2O7. The number of carboxylic acid groups (broad SMARTS) is 2. The van der Waals surface area contributed by atoms with Crippen molar-refractivity contribution >= 4 is 83.0 Å². The molecule has 0 bridgehead atoms. The van der Waals surface area contributed by atoms with Gasteiger partial charge in [-0.05, 0) is 0 Å². The first-order chi connectivity index (χ1) is 7.32. The van der Waals surface area contributed by atoms with Crippen molar-refractivity contribution in [1.29, 1.82) is 0 Å². The van der Waals surface area contributed by atoms with Gasteiger partial charge in [-0.25, -0.2) is 14.4 Å². The zero-order valence-electron chi connectivity index (χ0n) is 8.00. The Bertz CT molecular complexity index is 386. The molecule has 0 amide bonds. The van der Waals surface area contributed by atoms with Crippen molar-refractivity contribution in [3.63, 3.8) is 0 Å². The summed E-state index contributed by atoms with van der Waals surface area (Å²) in [4.78, 5) is 41.8. The van der Waals surface area contributed by atoms with Crippen molar-refractivity contribution in [3.8, 4) is 0 Å². The van der Waals surface area contributed by atoms with Crippen molar-refractivity contribution in [2.75, 3.05) is 0 Å². The quantitative estimate of drug-likeness (QED) is 0.269. The van der Waals surface area contributed by atoms with Crippen LogP contribution in [0.15, 0.2) is 24.3 Å². The summed E-state index contributed by atoms with van der Waals surface area (Å²) in [6.07, 6.45) is 0.368. The predicted molar refractivity (Wildman–Crippen MR) is 63.6 cm³/mol. The van der Waals surface area contributed by atoms with Crippen LogP contribution in [0.1, 0.15) is 6.42 Å². The molecule has 0 saturated heterocycles. The molecular weight excluding hydrogens is 266 g/mol. The van der Waals surface area contributed by atoms with E-state index in [1.807, 2.05) is 0 Å². The number of carbonyl (C=O) groups excluding carboxylic acids is 2. The molecule has 0 atom stereocenters. The minimum absolute atomic E-state index is 0. The molecule has 0 spiro atoms. The van der Waals surface area contributed by atoms with E-state index in [4.69, 9.17) is 10.2 Å². The van der Waals surface area contributed by atoms with Gasteiger partial charge in [-0.3, -0.25) is 4.79 Å². The fourth-order valence-corrected chi connectivity index (χ4v) is 0.571. The first-order valence-electron chi connectivity index (χ1n) is 3.89. The summed E-state index contributed by atoms with van der Waals surface area (Å²) in [6.45, 7) is 3.05. The second kappa shape index (κ2) is 11.6. The fourth-order valence-electron chi connectivity index (χ4n) is 0.571. The van der Waals surface area contributed by atoms with E-state index in [9.17, 15) is 19.2 Å². The molecule has 0 aliphatic carbocycles. The Morgan fingerprint density at radius 3 is 1.94 bits per heavy atom. The Morgan fingerprint density at radius 2 is 1.56 bits per heavy atom. The molecule has 0 aromatic heterocycles. The Hall–Kier alpha value is -0.440. The molecule has 7 nitrogen and oxygen atoms in total. The van der Waals surface area contributed by atoms with Crippen molar-refractivity contribution in [2.45, 2.75) is 6.42 Å². The van der Waals surface area contributed by atoms with Gasteiger partial charge < -0.3 is 14.9 Å². The van der Waals surface area contributed by atoms with Gasteiger partial charge in [0, 0.05) is 17.7 Å². The first kappa shape index (κ1) is 22.7. The van der Waals surface area contributed by atoms with E-state index in [0.717, 1.165) is 0 Å². The van der Waals surface area contributed by atoms with Crippen molar-refractivity contribution in [1.82, 2.24) is 0 Å². The summed E-state index contributed by atoms with van der Waals surface area (Å²) in [5.41, 5.74) is -0.431. The predicted octanol–water partition coefficient (Wildman–Crippen LogP) is -1.57. The Balaban J connectivity index is -0.00000112. The molecule has 18 heavy (non-hydrogen) atoms. The molecule has 0 unspecified atom stereocenters. The molecule has 2 N–H and O–H groups in total. The van der Waals surface area contributed by atoms with Crippen molar-refractivity contribution in [3.05, 3.63) is 24.3 Å². The number of hydrogen-bond acceptors (Lipinski definition) is 5. The average Bonchev–Trinajstić information content (AvgIpc) is 2.14. The second-order valence-electron chi connectivity index (χ2n) is 2.55. The van der Waals surface area contributed by atoms with Crippen molar-refractivity contribution < 1.29 is 34.1 Å². The third-order valence-electron chi connectivity index (χ3n) is 1.24. The van der Waals surface area contributed by atoms with Gasteiger partial charge in [-0.1, -0.05) is 6.58 Å². The number of esters is 2. The summed E-state index contributed by atoms with van der Waals surface area (Å²) in [5, 5.41) is 16.5. The topological polar surface area (TPSA) is 118 Å². The fraction of sp³-hybridized carbons (Fsp3) is 0.111. The normalized spacial score (nSPS) is 8.67. The van der Waals surface area contributed by atoms with E-state index >= 15 is 0 Å². The molecule has 0 rings (SSSR count). The van der Waals surface area contributed by atoms with Gasteiger partial charge in [0.2, 0.25) is 0 Å². The van der Waals surface area contributed by atoms with Gasteiger partial charge in [0.05, 0.1) is 6.42 Å². The zero-order chi connectivity index (χ0) is 12.7. The van der Waals surface area contributed by atoms with Gasteiger partial charge in [0.25, 0.3) is 0 Å². The number of aliphatic carboxylic acids is 2. The SMILES string of the molecule is C=C(CC(=O)OC(=O)/C=C\C(=O)O)C(=O)O.[NaH].[NaH]. The number of rotatable bonds is 5. The number of carbonyl (C=O) groups is 4. The summed E-state index contributed by atoms with van der Waals surface area (Å²) < 4.78 is 4.07. The van der Waals surface area contributed by atoms with E-state index in [2.05, 4.69) is 11.3 Å². The third-order valence-corrected chi connectivity index (χ3v) is 1.24. The summed E-state index contributed by atoms with van der Waals surface area (Å²) >= 11 is 0. The van der Waals surface area contributed by atoms with Crippen LogP contribution in [0.2, 0.25) is 0 Å². The van der Waals surface area contributed by atoms with Crippen LogP contribution in [0.5, 0.6) is 0 Å². The molecule has 90 valence electrons. The maximum absolute atomic E-state index is 10.9. The number of carboxylic acids is 2. The molecule has 0 saturated carbocycles. The van der Waals surface area contributed by atoms with Crippen LogP contribution in [0.4, 0.5) is 0 Å². The van der Waals surface area contributed by atoms with Gasteiger partial charge in [-0.2, -0.15) is 0 Å². The van der Waals surface area contributed by atoms with E-state index < -0.39 is 35.9 Å². The van der Waals surface area contributed by atoms with Crippen LogP contribution >= 0.6 is 0 Å². The first-order valence-corrected chi connectivity index (χ1v) is 3.89. The minimum atomic E-state index is -1.38. The summed E-state index contributed by atoms with van der Waals surface area (Å²) in [7, 11) is 0. The Labute approximate surface area is 146 Å². The van der Waals surface area contributed by atoms with E-state index in [1.54, 1.807) is 0 Å². The zero-order valence-corrected chi connectivity index (χ0v) is 8.00. The standard InChI is InChI=1S/C9H8O7.2Na.2H/c1-5(9(14)15)4-8(13)16-7(12)3-2-6(10)11;;;;/h2-3H,1,4H2,(H,10,11)(H,14,15);;;;/b3-2-;;;;. The Morgan fingerprint density at radius 1 is 1.06 bits per heavy atom. The van der Waals surface area contributed by atoms with E-state index in [1.165, 1.54) is 0 Å². The molecule has 0 aromatic carbocycles. The molecule has 0 aromatic rings. The third kappa shape index (κ3) is 12.0. The van der Waals surface area contributed by atoms with Crippen LogP contribution in [0.25, 0.3) is 0 Å².